The molecular weight excluding hydrogens is 172 g/mol. The molecular formula is C12H16N2. The minimum atomic E-state index is 0.587. The molecule has 1 saturated heterocycles. The highest BCUT2D eigenvalue weighted by molar-refractivity contribution is 5.25. The molecule has 74 valence electrons. The van der Waals surface area contributed by atoms with E-state index in [0.717, 1.165) is 5.69 Å². The lowest BCUT2D eigenvalue weighted by atomic mass is 9.58. The Balaban J connectivity index is 1.85. The van der Waals surface area contributed by atoms with Gasteiger partial charge in [-0.3, -0.25) is 4.98 Å². The zero-order chi connectivity index (χ0) is 9.60. The van der Waals surface area contributed by atoms with Gasteiger partial charge in [-0.2, -0.15) is 0 Å². The molecule has 1 saturated carbocycles. The monoisotopic (exact) mass is 188 g/mol. The summed E-state index contributed by atoms with van der Waals surface area (Å²) in [6.07, 6.45) is 6.25. The van der Waals surface area contributed by atoms with Crippen LogP contribution in [0.15, 0.2) is 18.3 Å². The molecule has 14 heavy (non-hydrogen) atoms. The molecule has 1 atom stereocenters. The number of aryl methyl sites for hydroxylation is 1. The summed E-state index contributed by atoms with van der Waals surface area (Å²) in [6.45, 7) is 3.25. The topological polar surface area (TPSA) is 24.9 Å². The van der Waals surface area contributed by atoms with E-state index in [-0.39, 0.29) is 0 Å². The Morgan fingerprint density at radius 3 is 2.71 bits per heavy atom. The SMILES string of the molecule is Cc1ccc(C2NCC23CCC3)cn1. The van der Waals surface area contributed by atoms with Gasteiger partial charge in [0, 0.05) is 29.9 Å². The molecule has 1 spiro atoms. The predicted molar refractivity (Wildman–Crippen MR) is 56.0 cm³/mol. The van der Waals surface area contributed by atoms with Gasteiger partial charge in [0.05, 0.1) is 0 Å². The van der Waals surface area contributed by atoms with E-state index >= 15 is 0 Å². The zero-order valence-electron chi connectivity index (χ0n) is 8.59. The largest absolute Gasteiger partial charge is 0.309 e. The highest BCUT2D eigenvalue weighted by Crippen LogP contribution is 2.54. The first-order chi connectivity index (χ1) is 6.80. The molecule has 2 heteroatoms. The van der Waals surface area contributed by atoms with E-state index in [0.29, 0.717) is 11.5 Å². The van der Waals surface area contributed by atoms with Crippen molar-refractivity contribution in [3.8, 4) is 0 Å². The third-order valence-corrected chi connectivity index (χ3v) is 3.89. The van der Waals surface area contributed by atoms with Crippen LogP contribution in [0.3, 0.4) is 0 Å². The molecule has 0 aromatic carbocycles. The summed E-state index contributed by atoms with van der Waals surface area (Å²) in [5, 5.41) is 3.53. The van der Waals surface area contributed by atoms with E-state index in [9.17, 15) is 0 Å². The first kappa shape index (κ1) is 8.42. The highest BCUT2D eigenvalue weighted by atomic mass is 15.1. The number of aromatic nitrogens is 1. The van der Waals surface area contributed by atoms with Gasteiger partial charge in [-0.15, -0.1) is 0 Å². The van der Waals surface area contributed by atoms with Crippen LogP contribution in [0.2, 0.25) is 0 Å². The highest BCUT2D eigenvalue weighted by Gasteiger charge is 2.51. The lowest BCUT2D eigenvalue weighted by molar-refractivity contribution is -0.00581. The quantitative estimate of drug-likeness (QED) is 0.731. The molecule has 0 amide bonds. The summed E-state index contributed by atoms with van der Waals surface area (Å²) in [7, 11) is 0. The second-order valence-electron chi connectivity index (χ2n) is 4.76. The van der Waals surface area contributed by atoms with Crippen LogP contribution >= 0.6 is 0 Å². The molecule has 1 N–H and O–H groups in total. The smallest absolute Gasteiger partial charge is 0.0404 e. The van der Waals surface area contributed by atoms with Crippen LogP contribution in [0, 0.1) is 12.3 Å². The normalized spacial score (nSPS) is 28.2. The fraction of sp³-hybridized carbons (Fsp3) is 0.583. The number of hydrogen-bond acceptors (Lipinski definition) is 2. The standard InChI is InChI=1S/C12H16N2/c1-9-3-4-10(7-13-9)11-12(8-14-11)5-2-6-12/h3-4,7,11,14H,2,5-6,8H2,1H3. The molecule has 1 aromatic rings. The van der Waals surface area contributed by atoms with Crippen LogP contribution in [-0.2, 0) is 0 Å². The lowest BCUT2D eigenvalue weighted by Gasteiger charge is -2.56. The maximum Gasteiger partial charge on any atom is 0.0404 e. The molecule has 1 aliphatic heterocycles. The minimum absolute atomic E-state index is 0.587. The minimum Gasteiger partial charge on any atom is -0.309 e. The Hall–Kier alpha value is -0.890. The number of hydrogen-bond donors (Lipinski definition) is 1. The lowest BCUT2D eigenvalue weighted by Crippen LogP contribution is -2.59. The van der Waals surface area contributed by atoms with Crippen molar-refractivity contribution in [1.29, 1.82) is 0 Å². The van der Waals surface area contributed by atoms with Crippen molar-refractivity contribution in [2.75, 3.05) is 6.54 Å². The second kappa shape index (κ2) is 2.80. The van der Waals surface area contributed by atoms with Crippen LogP contribution in [0.5, 0.6) is 0 Å². The summed E-state index contributed by atoms with van der Waals surface area (Å²) < 4.78 is 0. The summed E-state index contributed by atoms with van der Waals surface area (Å²) in [5.41, 5.74) is 3.09. The molecule has 0 bridgehead atoms. The Kier molecular flexibility index (Phi) is 1.68. The van der Waals surface area contributed by atoms with Crippen molar-refractivity contribution in [3.63, 3.8) is 0 Å². The van der Waals surface area contributed by atoms with Gasteiger partial charge < -0.3 is 5.32 Å². The van der Waals surface area contributed by atoms with Crippen LogP contribution in [0.4, 0.5) is 0 Å². The Morgan fingerprint density at radius 1 is 1.43 bits per heavy atom. The number of pyridine rings is 1. The summed E-state index contributed by atoms with van der Waals surface area (Å²) >= 11 is 0. The van der Waals surface area contributed by atoms with Gasteiger partial charge in [0.25, 0.3) is 0 Å². The van der Waals surface area contributed by atoms with Crippen LogP contribution < -0.4 is 5.32 Å². The Morgan fingerprint density at radius 2 is 2.29 bits per heavy atom. The van der Waals surface area contributed by atoms with Gasteiger partial charge in [-0.05, 0) is 31.4 Å². The molecule has 2 aliphatic rings. The molecule has 2 nitrogen and oxygen atoms in total. The van der Waals surface area contributed by atoms with Crippen molar-refractivity contribution in [2.24, 2.45) is 5.41 Å². The van der Waals surface area contributed by atoms with E-state index in [1.807, 2.05) is 13.1 Å². The molecule has 2 fully saturated rings. The molecule has 0 radical (unpaired) electrons. The van der Waals surface area contributed by atoms with Crippen molar-refractivity contribution in [1.82, 2.24) is 10.3 Å². The number of rotatable bonds is 1. The fourth-order valence-electron chi connectivity index (χ4n) is 2.71. The van der Waals surface area contributed by atoms with Crippen LogP contribution in [0.1, 0.15) is 36.6 Å². The average Bonchev–Trinajstić information content (AvgIpc) is 2.04. The van der Waals surface area contributed by atoms with Crippen molar-refractivity contribution >= 4 is 0 Å². The fourth-order valence-corrected chi connectivity index (χ4v) is 2.71. The summed E-state index contributed by atoms with van der Waals surface area (Å²) in [5.74, 6) is 0. The van der Waals surface area contributed by atoms with E-state index in [1.165, 1.54) is 31.4 Å². The van der Waals surface area contributed by atoms with E-state index < -0.39 is 0 Å². The summed E-state index contributed by atoms with van der Waals surface area (Å²) in [4.78, 5) is 4.37. The Bertz CT molecular complexity index is 332. The molecule has 1 aromatic heterocycles. The van der Waals surface area contributed by atoms with Crippen molar-refractivity contribution < 1.29 is 0 Å². The second-order valence-corrected chi connectivity index (χ2v) is 4.76. The van der Waals surface area contributed by atoms with Gasteiger partial charge in [0.2, 0.25) is 0 Å². The van der Waals surface area contributed by atoms with Gasteiger partial charge in [-0.25, -0.2) is 0 Å². The van der Waals surface area contributed by atoms with Gasteiger partial charge in [0.15, 0.2) is 0 Å². The van der Waals surface area contributed by atoms with Crippen molar-refractivity contribution in [3.05, 3.63) is 29.6 Å². The average molecular weight is 188 g/mol. The first-order valence-electron chi connectivity index (χ1n) is 5.46. The molecule has 1 aliphatic carbocycles. The van der Waals surface area contributed by atoms with Crippen molar-refractivity contribution in [2.45, 2.75) is 32.2 Å². The molecule has 1 unspecified atom stereocenters. The predicted octanol–water partition coefficient (Wildman–Crippen LogP) is 2.20. The zero-order valence-corrected chi connectivity index (χ0v) is 8.59. The van der Waals surface area contributed by atoms with Gasteiger partial charge in [0.1, 0.15) is 0 Å². The van der Waals surface area contributed by atoms with Crippen LogP contribution in [0.25, 0.3) is 0 Å². The van der Waals surface area contributed by atoms with Gasteiger partial charge >= 0.3 is 0 Å². The molecule has 3 rings (SSSR count). The third kappa shape index (κ3) is 1.04. The first-order valence-corrected chi connectivity index (χ1v) is 5.46. The van der Waals surface area contributed by atoms with E-state index in [1.54, 1.807) is 0 Å². The van der Waals surface area contributed by atoms with Crippen LogP contribution in [-0.4, -0.2) is 11.5 Å². The van der Waals surface area contributed by atoms with E-state index in [2.05, 4.69) is 22.4 Å². The Labute approximate surface area is 84.7 Å². The maximum absolute atomic E-state index is 4.37. The number of nitrogens with one attached hydrogen (secondary N) is 1. The molecule has 2 heterocycles. The van der Waals surface area contributed by atoms with Gasteiger partial charge in [-0.1, -0.05) is 12.5 Å². The third-order valence-electron chi connectivity index (χ3n) is 3.89. The maximum atomic E-state index is 4.37. The number of nitrogens with zero attached hydrogens (tertiary/aromatic N) is 1. The summed E-state index contributed by atoms with van der Waals surface area (Å²) in [6, 6.07) is 4.92. The van der Waals surface area contributed by atoms with E-state index in [4.69, 9.17) is 0 Å².